The van der Waals surface area contributed by atoms with Gasteiger partial charge in [0.05, 0.1) is 0 Å². The third-order valence-electron chi connectivity index (χ3n) is 0.154. The van der Waals surface area contributed by atoms with Gasteiger partial charge in [0.15, 0.2) is 13.7 Å². The van der Waals surface area contributed by atoms with Crippen LogP contribution < -0.4 is 0 Å². The Morgan fingerprint density at radius 2 is 1.12 bits per heavy atom. The van der Waals surface area contributed by atoms with Crippen LogP contribution in [0.2, 0.25) is 0 Å². The van der Waals surface area contributed by atoms with Gasteiger partial charge in [0.1, 0.15) is 0 Å². The number of hydrogen-bond donors (Lipinski definition) is 0. The first-order valence-electron chi connectivity index (χ1n) is 1.65. The Hall–Kier alpha value is -0.320. The first kappa shape index (κ1) is 10.6. The summed E-state index contributed by atoms with van der Waals surface area (Å²) in [5.74, 6) is 0. The van der Waals surface area contributed by atoms with Gasteiger partial charge in [-0.2, -0.15) is 0 Å². The van der Waals surface area contributed by atoms with E-state index in [0.29, 0.717) is 0 Å². The Balaban J connectivity index is 0. The van der Waals surface area contributed by atoms with Crippen LogP contribution >= 0.6 is 0 Å². The zero-order valence-electron chi connectivity index (χ0n) is 4.04. The molecule has 0 rings (SSSR count). The minimum atomic E-state index is -1.75. The molecule has 0 heterocycles. The van der Waals surface area contributed by atoms with E-state index in [-0.39, 0.29) is 0 Å². The molecule has 0 aromatic rings. The van der Waals surface area contributed by atoms with Crippen molar-refractivity contribution < 1.29 is 22.3 Å². The molecule has 0 N–H and O–H groups in total. The fourth-order valence-corrected chi connectivity index (χ4v) is 0.0292. The van der Waals surface area contributed by atoms with Gasteiger partial charge in [-0.25, -0.2) is 17.6 Å². The molecule has 0 unspecified atom stereocenters. The molecule has 0 saturated carbocycles. The van der Waals surface area contributed by atoms with Crippen molar-refractivity contribution in [2.75, 3.05) is 20.6 Å². The molecule has 0 aromatic heterocycles. The highest BCUT2D eigenvalue weighted by atomic mass is 19.3. The van der Waals surface area contributed by atoms with Crippen molar-refractivity contribution in [1.29, 1.82) is 0 Å². The van der Waals surface area contributed by atoms with Crippen LogP contribution in [-0.2, 0) is 4.74 Å². The Labute approximate surface area is 44.3 Å². The van der Waals surface area contributed by atoms with E-state index in [0.717, 1.165) is 0 Å². The zero-order chi connectivity index (χ0) is 6.83. The summed E-state index contributed by atoms with van der Waals surface area (Å²) in [6, 6.07) is 0. The maximum atomic E-state index is 10.5. The highest BCUT2D eigenvalue weighted by Crippen LogP contribution is 1.71. The van der Waals surface area contributed by atoms with Gasteiger partial charge in [-0.05, 0) is 0 Å². The van der Waals surface area contributed by atoms with Crippen molar-refractivity contribution in [3.8, 4) is 0 Å². The number of rotatable bonds is 2. The highest BCUT2D eigenvalue weighted by molar-refractivity contribution is 3.85. The summed E-state index contributed by atoms with van der Waals surface area (Å²) in [7, 11) is 0. The fourth-order valence-electron chi connectivity index (χ4n) is 0.0292. The van der Waals surface area contributed by atoms with Gasteiger partial charge < -0.3 is 4.74 Å². The van der Waals surface area contributed by atoms with Crippen molar-refractivity contribution in [2.24, 2.45) is 0 Å². The summed E-state index contributed by atoms with van der Waals surface area (Å²) in [4.78, 5) is 0. The summed E-state index contributed by atoms with van der Waals surface area (Å²) < 4.78 is 43.8. The van der Waals surface area contributed by atoms with Crippen LogP contribution in [0.25, 0.3) is 0 Å². The second-order valence-corrected chi connectivity index (χ2v) is 0.523. The lowest BCUT2D eigenvalue weighted by Gasteiger charge is -1.80. The summed E-state index contributed by atoms with van der Waals surface area (Å²) in [5, 5.41) is 0. The molecule has 0 radical (unpaired) electrons. The van der Waals surface area contributed by atoms with E-state index in [2.05, 4.69) is 4.74 Å². The lowest BCUT2D eigenvalue weighted by Crippen LogP contribution is -1.80. The van der Waals surface area contributed by atoms with Crippen molar-refractivity contribution in [3.63, 3.8) is 0 Å². The van der Waals surface area contributed by atoms with E-state index in [9.17, 15) is 17.6 Å². The molecule has 0 amide bonds. The highest BCUT2D eigenvalue weighted by Gasteiger charge is 1.70. The molecule has 5 heteroatoms. The monoisotopic (exact) mass is 134 g/mol. The van der Waals surface area contributed by atoms with Gasteiger partial charge in [0.25, 0.3) is 0 Å². The first-order valence-corrected chi connectivity index (χ1v) is 1.65. The second kappa shape index (κ2) is 15.9. The average molecular weight is 134 g/mol. The topological polar surface area (TPSA) is 9.23 Å². The maximum Gasteiger partial charge on any atom is 0.229 e. The third kappa shape index (κ3) is 44.1. The van der Waals surface area contributed by atoms with E-state index >= 15 is 0 Å². The number of alkyl halides is 4. The van der Waals surface area contributed by atoms with Crippen molar-refractivity contribution >= 4 is 0 Å². The quantitative estimate of drug-likeness (QED) is 0.522. The molecule has 0 saturated heterocycles. The van der Waals surface area contributed by atoms with Crippen LogP contribution in [0, 0.1) is 0 Å². The number of hydrogen-bond acceptors (Lipinski definition) is 1. The van der Waals surface area contributed by atoms with E-state index in [1.807, 2.05) is 0 Å². The van der Waals surface area contributed by atoms with Gasteiger partial charge in [0, 0.05) is 0 Å². The molecule has 0 bridgehead atoms. The smallest absolute Gasteiger partial charge is 0.229 e. The van der Waals surface area contributed by atoms with Crippen LogP contribution in [0.5, 0.6) is 0 Å². The van der Waals surface area contributed by atoms with Crippen LogP contribution in [0.1, 0.15) is 0 Å². The van der Waals surface area contributed by atoms with Crippen LogP contribution in [0.3, 0.4) is 0 Å². The van der Waals surface area contributed by atoms with Gasteiger partial charge in [0.2, 0.25) is 6.93 Å². The summed E-state index contributed by atoms with van der Waals surface area (Å²) in [6.45, 7) is -3.81. The minimum absolute atomic E-state index is 1.03. The van der Waals surface area contributed by atoms with E-state index in [1.54, 1.807) is 0 Å². The Morgan fingerprint density at radius 1 is 0.875 bits per heavy atom. The molecular weight excluding hydrogens is 128 g/mol. The van der Waals surface area contributed by atoms with Crippen molar-refractivity contribution in [3.05, 3.63) is 0 Å². The average Bonchev–Trinajstić information content (AvgIpc) is 1.71. The molecule has 8 heavy (non-hydrogen) atoms. The number of halogens is 4. The number of ether oxygens (including phenoxy) is 1. The van der Waals surface area contributed by atoms with Crippen LogP contribution in [0.4, 0.5) is 17.6 Å². The summed E-state index contributed by atoms with van der Waals surface area (Å²) in [6.07, 6.45) is 0. The third-order valence-corrected chi connectivity index (χ3v) is 0.154. The Morgan fingerprint density at radius 3 is 1.12 bits per heavy atom. The van der Waals surface area contributed by atoms with Crippen LogP contribution in [-0.4, -0.2) is 20.6 Å². The van der Waals surface area contributed by atoms with Gasteiger partial charge >= 0.3 is 0 Å². The SMILES string of the molecule is FCF.FCOCF. The molecule has 1 nitrogen and oxygen atoms in total. The predicted molar refractivity (Wildman–Crippen MR) is 20.1 cm³/mol. The normalized spacial score (nSPS) is 7.50. The lowest BCUT2D eigenvalue weighted by atomic mass is 11.4. The molecule has 0 atom stereocenters. The van der Waals surface area contributed by atoms with Crippen molar-refractivity contribution in [2.45, 2.75) is 0 Å². The second-order valence-electron chi connectivity index (χ2n) is 0.523. The van der Waals surface area contributed by atoms with Gasteiger partial charge in [-0.3, -0.25) is 0 Å². The summed E-state index contributed by atoms with van der Waals surface area (Å²) >= 11 is 0. The molecule has 0 aliphatic rings. The molecule has 0 aliphatic carbocycles. The largest absolute Gasteiger partial charge is 0.319 e. The van der Waals surface area contributed by atoms with Crippen molar-refractivity contribution in [1.82, 2.24) is 0 Å². The van der Waals surface area contributed by atoms with Crippen LogP contribution in [0.15, 0.2) is 0 Å². The molecule has 0 fully saturated rings. The van der Waals surface area contributed by atoms with Gasteiger partial charge in [-0.1, -0.05) is 0 Å². The molecule has 52 valence electrons. The van der Waals surface area contributed by atoms with E-state index in [1.165, 1.54) is 0 Å². The molecule has 0 aromatic carbocycles. The Bertz CT molecular complexity index is 25.2. The zero-order valence-corrected chi connectivity index (χ0v) is 4.04. The standard InChI is InChI=1S/C2H4F2O.CH2F2/c3-1-5-2-4;2-1-3/h1-2H2;1H2. The van der Waals surface area contributed by atoms with Gasteiger partial charge in [-0.15, -0.1) is 0 Å². The lowest BCUT2D eigenvalue weighted by molar-refractivity contribution is 0.00298. The van der Waals surface area contributed by atoms with E-state index in [4.69, 9.17) is 0 Å². The minimum Gasteiger partial charge on any atom is -0.319 e. The molecular formula is C3H6F4O. The molecule has 0 aliphatic heterocycles. The summed E-state index contributed by atoms with van der Waals surface area (Å²) in [5.41, 5.74) is 0. The molecule has 0 spiro atoms. The first-order chi connectivity index (χ1) is 3.83. The van der Waals surface area contributed by atoms with E-state index < -0.39 is 20.6 Å². The Kier molecular flexibility index (Phi) is 21.1. The fraction of sp³-hybridized carbons (Fsp3) is 1.00. The maximum absolute atomic E-state index is 10.5. The predicted octanol–water partition coefficient (Wildman–Crippen LogP) is 1.74.